The van der Waals surface area contributed by atoms with E-state index in [0.717, 1.165) is 66.3 Å². The lowest BCUT2D eigenvalue weighted by atomic mass is 9.96. The number of anilines is 2. The third-order valence-corrected chi connectivity index (χ3v) is 7.13. The smallest absolute Gasteiger partial charge is 0.277 e. The molecule has 1 aliphatic rings. The highest BCUT2D eigenvalue weighted by Crippen LogP contribution is 2.38. The van der Waals surface area contributed by atoms with Crippen molar-refractivity contribution in [2.45, 2.75) is 19.8 Å². The number of nitrogens with one attached hydrogen (secondary N) is 1. The lowest BCUT2D eigenvalue weighted by molar-refractivity contribution is 0.0705. The maximum atomic E-state index is 11.5. The molecule has 4 aromatic rings. The third-order valence-electron chi connectivity index (χ3n) is 7.13. The number of amides is 1. The summed E-state index contributed by atoms with van der Waals surface area (Å²) in [6, 6.07) is 9.82. The predicted octanol–water partition coefficient (Wildman–Crippen LogP) is 4.08. The highest BCUT2D eigenvalue weighted by atomic mass is 16.5. The van der Waals surface area contributed by atoms with Gasteiger partial charge in [0.25, 0.3) is 5.91 Å². The lowest BCUT2D eigenvalue weighted by Gasteiger charge is -2.34. The predicted molar refractivity (Wildman–Crippen MR) is 147 cm³/mol. The molecule has 0 radical (unpaired) electrons. The van der Waals surface area contributed by atoms with E-state index in [4.69, 9.17) is 24.1 Å². The molecule has 1 aliphatic heterocycles. The number of piperidine rings is 1. The van der Waals surface area contributed by atoms with Crippen molar-refractivity contribution < 1.29 is 23.9 Å². The van der Waals surface area contributed by atoms with E-state index in [1.54, 1.807) is 19.7 Å². The van der Waals surface area contributed by atoms with Crippen LogP contribution in [0.4, 0.5) is 11.6 Å². The Morgan fingerprint density at radius 2 is 1.82 bits per heavy atom. The third kappa shape index (κ3) is 5.44. The number of benzene rings is 1. The Balaban J connectivity index is 1.36. The van der Waals surface area contributed by atoms with Crippen molar-refractivity contribution in [1.29, 1.82) is 0 Å². The topological polar surface area (TPSA) is 126 Å². The molecule has 39 heavy (non-hydrogen) atoms. The molecule has 11 heteroatoms. The van der Waals surface area contributed by atoms with Gasteiger partial charge in [0.1, 0.15) is 11.5 Å². The van der Waals surface area contributed by atoms with E-state index in [1.165, 1.54) is 12.4 Å². The molecule has 0 aliphatic carbocycles. The number of carbonyl (C=O) groups is 1. The summed E-state index contributed by atoms with van der Waals surface area (Å²) in [4.78, 5) is 29.4. The van der Waals surface area contributed by atoms with E-state index in [0.29, 0.717) is 23.4 Å². The Hall–Kier alpha value is -4.38. The molecule has 0 spiro atoms. The quantitative estimate of drug-likeness (QED) is 0.253. The molecule has 0 bridgehead atoms. The Bertz CT molecular complexity index is 1460. The molecule has 3 aromatic heterocycles. The normalized spacial score (nSPS) is 13.9. The number of aromatic nitrogens is 3. The zero-order valence-corrected chi connectivity index (χ0v) is 22.5. The van der Waals surface area contributed by atoms with Crippen molar-refractivity contribution in [1.82, 2.24) is 20.4 Å². The van der Waals surface area contributed by atoms with Gasteiger partial charge in [-0.3, -0.25) is 10.0 Å². The van der Waals surface area contributed by atoms with Gasteiger partial charge in [0.05, 0.1) is 25.3 Å². The number of ether oxygens (including phenoxy) is 2. The molecule has 1 aromatic carbocycles. The van der Waals surface area contributed by atoms with E-state index >= 15 is 0 Å². The molecular weight excluding hydrogens is 500 g/mol. The molecular formula is C28H32N6O5. The molecule has 0 atom stereocenters. The van der Waals surface area contributed by atoms with E-state index < -0.39 is 5.91 Å². The monoisotopic (exact) mass is 532 g/mol. The second-order valence-electron chi connectivity index (χ2n) is 9.68. The second kappa shape index (κ2) is 11.2. The van der Waals surface area contributed by atoms with Crippen LogP contribution in [0.5, 0.6) is 11.5 Å². The summed E-state index contributed by atoms with van der Waals surface area (Å²) in [6.07, 6.45) is 4.78. The zero-order chi connectivity index (χ0) is 27.5. The zero-order valence-electron chi connectivity index (χ0n) is 22.5. The van der Waals surface area contributed by atoms with Gasteiger partial charge in [-0.1, -0.05) is 0 Å². The highest BCUT2D eigenvalue weighted by molar-refractivity contribution is 5.96. The van der Waals surface area contributed by atoms with Crippen molar-refractivity contribution >= 4 is 28.4 Å². The van der Waals surface area contributed by atoms with Crippen molar-refractivity contribution in [3.8, 4) is 23.0 Å². The molecule has 1 saturated heterocycles. The average Bonchev–Trinajstić information content (AvgIpc) is 3.42. The maximum absolute atomic E-state index is 11.5. The number of hydrogen-bond donors (Lipinski definition) is 2. The van der Waals surface area contributed by atoms with E-state index in [-0.39, 0.29) is 5.56 Å². The number of methoxy groups -OCH3 is 2. The summed E-state index contributed by atoms with van der Waals surface area (Å²) in [5.74, 6) is 3.23. The summed E-state index contributed by atoms with van der Waals surface area (Å²) >= 11 is 0. The molecule has 204 valence electrons. The number of carbonyl (C=O) groups excluding carboxylic acids is 1. The van der Waals surface area contributed by atoms with Crippen LogP contribution in [0.3, 0.4) is 0 Å². The van der Waals surface area contributed by atoms with Crippen LogP contribution in [0.2, 0.25) is 0 Å². The molecule has 0 saturated carbocycles. The molecule has 1 amide bonds. The SMILES string of the molecule is COc1cc2nc(-c3ccc(C)o3)cc(N(C)CC3CCN(c4ncc(C(=O)NO)cn4)CC3)c2cc1OC. The first kappa shape index (κ1) is 26.2. The van der Waals surface area contributed by atoms with Crippen LogP contribution in [-0.4, -0.2) is 67.0 Å². The second-order valence-corrected chi connectivity index (χ2v) is 9.68. The van der Waals surface area contributed by atoms with Gasteiger partial charge in [0.2, 0.25) is 5.95 Å². The van der Waals surface area contributed by atoms with E-state index in [1.807, 2.05) is 31.2 Å². The van der Waals surface area contributed by atoms with Gasteiger partial charge >= 0.3 is 0 Å². The largest absolute Gasteiger partial charge is 0.493 e. The number of aryl methyl sites for hydroxylation is 1. The average molecular weight is 533 g/mol. The van der Waals surface area contributed by atoms with Gasteiger partial charge in [-0.25, -0.2) is 20.4 Å². The van der Waals surface area contributed by atoms with Gasteiger partial charge in [-0.2, -0.15) is 0 Å². The van der Waals surface area contributed by atoms with E-state index in [9.17, 15) is 4.79 Å². The molecule has 1 fully saturated rings. The minimum atomic E-state index is -0.631. The van der Waals surface area contributed by atoms with Crippen LogP contribution in [0.15, 0.2) is 47.1 Å². The van der Waals surface area contributed by atoms with E-state index in [2.05, 4.69) is 32.9 Å². The first-order valence-electron chi connectivity index (χ1n) is 12.8. The fraction of sp³-hybridized carbons (Fsp3) is 0.357. The molecule has 2 N–H and O–H groups in total. The van der Waals surface area contributed by atoms with Gasteiger partial charge in [-0.05, 0) is 49.9 Å². The Morgan fingerprint density at radius 3 is 2.44 bits per heavy atom. The first-order valence-corrected chi connectivity index (χ1v) is 12.8. The Kier molecular flexibility index (Phi) is 7.51. The highest BCUT2D eigenvalue weighted by Gasteiger charge is 2.24. The van der Waals surface area contributed by atoms with Gasteiger partial charge in [0.15, 0.2) is 17.3 Å². The van der Waals surface area contributed by atoms with Crippen molar-refractivity contribution in [3.63, 3.8) is 0 Å². The van der Waals surface area contributed by atoms with Crippen LogP contribution in [-0.2, 0) is 0 Å². The van der Waals surface area contributed by atoms with Gasteiger partial charge < -0.3 is 23.7 Å². The molecule has 4 heterocycles. The van der Waals surface area contributed by atoms with Crippen LogP contribution in [0.1, 0.15) is 29.0 Å². The van der Waals surface area contributed by atoms with Crippen molar-refractivity contribution in [2.75, 3.05) is 50.7 Å². The molecule has 0 unspecified atom stereocenters. The fourth-order valence-electron chi connectivity index (χ4n) is 5.02. The van der Waals surface area contributed by atoms with Crippen LogP contribution in [0, 0.1) is 12.8 Å². The minimum absolute atomic E-state index is 0.209. The van der Waals surface area contributed by atoms with Crippen molar-refractivity contribution in [2.24, 2.45) is 5.92 Å². The number of pyridine rings is 1. The summed E-state index contributed by atoms with van der Waals surface area (Å²) in [5.41, 5.74) is 4.40. The summed E-state index contributed by atoms with van der Waals surface area (Å²) < 4.78 is 17.0. The summed E-state index contributed by atoms with van der Waals surface area (Å²) in [6.45, 7) is 4.39. The number of fused-ring (bicyclic) bond motifs is 1. The van der Waals surface area contributed by atoms with Crippen LogP contribution < -0.4 is 24.8 Å². The summed E-state index contributed by atoms with van der Waals surface area (Å²) in [7, 11) is 5.35. The number of rotatable bonds is 8. The number of nitrogens with zero attached hydrogens (tertiary/aromatic N) is 5. The number of hydroxylamine groups is 1. The maximum Gasteiger partial charge on any atom is 0.277 e. The standard InChI is InChI=1S/C28H32N6O5/c1-17-5-6-24(39-17)22-12-23(20-11-25(37-3)26(38-4)13-21(20)31-22)33(2)16-18-7-9-34(10-8-18)28-29-14-19(15-30-28)27(35)32-36/h5-6,11-15,18,36H,7-10,16H2,1-4H3,(H,32,35). The number of hydrogen-bond acceptors (Lipinski definition) is 10. The molecule has 11 nitrogen and oxygen atoms in total. The van der Waals surface area contributed by atoms with Crippen molar-refractivity contribution in [3.05, 3.63) is 54.0 Å². The first-order chi connectivity index (χ1) is 18.9. The fourth-order valence-corrected chi connectivity index (χ4v) is 5.02. The minimum Gasteiger partial charge on any atom is -0.493 e. The van der Waals surface area contributed by atoms with Crippen LogP contribution in [0.25, 0.3) is 22.4 Å². The summed E-state index contributed by atoms with van der Waals surface area (Å²) in [5, 5.41) is 9.75. The van der Waals surface area contributed by atoms with Gasteiger partial charge in [-0.15, -0.1) is 0 Å². The van der Waals surface area contributed by atoms with Crippen LogP contribution >= 0.6 is 0 Å². The lowest BCUT2D eigenvalue weighted by Crippen LogP contribution is -2.38. The number of furan rings is 1. The Labute approximate surface area is 226 Å². The Morgan fingerprint density at radius 1 is 1.13 bits per heavy atom. The molecule has 5 rings (SSSR count). The van der Waals surface area contributed by atoms with Gasteiger partial charge in [0, 0.05) is 56.2 Å².